The van der Waals surface area contributed by atoms with Crippen molar-refractivity contribution in [2.45, 2.75) is 158 Å². The average molecular weight is 755 g/mol. The molecule has 6 N–H and O–H groups in total. The fourth-order valence-electron chi connectivity index (χ4n) is 11.9. The van der Waals surface area contributed by atoms with Gasteiger partial charge in [0.2, 0.25) is 0 Å². The van der Waals surface area contributed by atoms with E-state index in [1.807, 2.05) is 0 Å². The molecule has 0 bridgehead atoms. The van der Waals surface area contributed by atoms with E-state index in [4.69, 9.17) is 33.2 Å². The maximum absolute atomic E-state index is 12.8. The molecule has 0 amide bonds. The van der Waals surface area contributed by atoms with Gasteiger partial charge in [0.1, 0.15) is 55.4 Å². The Labute approximate surface area is 309 Å². The van der Waals surface area contributed by atoms with Crippen molar-refractivity contribution in [1.82, 2.24) is 0 Å². The number of cyclic esters (lactones) is 1. The van der Waals surface area contributed by atoms with Crippen molar-refractivity contribution in [3.05, 3.63) is 11.6 Å². The summed E-state index contributed by atoms with van der Waals surface area (Å²) in [5.74, 6) is -0.574. The molecular weight excluding hydrogens is 696 g/mol. The standard InChI is InChI=1S/C38H58O15/c1-17-32(53-34-30(44)29(43)28(42)25(15-39)52-34)33(47-5)31(45)35(49-17)51-21-8-10-36(3)20(13-21)6-7-23-22(36)9-11-37(4)27(19-12-26(41)48-16-19)24(50-18(2)40)14-38(23,37)46/h12,17,20-25,27-35,39,42-46H,6-11,13-16H2,1-5H3/t17?,20-,21+,22+,23-,24+,25?,27+,28-,29?,30+,31+,32+,33?,34+,35+,36+,37-,38+/m1/s1. The van der Waals surface area contributed by atoms with E-state index in [-0.39, 0.29) is 35.9 Å². The molecule has 3 aliphatic heterocycles. The van der Waals surface area contributed by atoms with E-state index in [0.29, 0.717) is 12.3 Å². The van der Waals surface area contributed by atoms with Crippen LogP contribution in [0.1, 0.15) is 79.1 Å². The first-order valence-electron chi connectivity index (χ1n) is 19.3. The van der Waals surface area contributed by atoms with Crippen LogP contribution in [-0.4, -0.2) is 142 Å². The SMILES string of the molecule is COC1[C@@H](O[C@@H]2OC(CO)[C@@H](O)C(O)[C@@H]2O)C(C)O[C@@H](O[C@H]2CC[C@@]3(C)[C@H](CC[C@@H]4[C@@H]3CC[C@]3(C)[C@@H](C5=CC(=O)OC5)[C@@H](OC(C)=O)C[C@]43O)C2)[C@H]1O. The number of aliphatic hydroxyl groups excluding tert-OH is 5. The predicted octanol–water partition coefficient (Wildman–Crippen LogP) is 0.476. The highest BCUT2D eigenvalue weighted by atomic mass is 16.7. The van der Waals surface area contributed by atoms with Gasteiger partial charge in [-0.3, -0.25) is 4.79 Å². The van der Waals surface area contributed by atoms with Crippen LogP contribution < -0.4 is 0 Å². The summed E-state index contributed by atoms with van der Waals surface area (Å²) in [6, 6.07) is 0. The second-order valence-corrected chi connectivity index (χ2v) is 17.3. The van der Waals surface area contributed by atoms with Gasteiger partial charge in [0, 0.05) is 37.9 Å². The van der Waals surface area contributed by atoms with Crippen molar-refractivity contribution in [3.8, 4) is 0 Å². The van der Waals surface area contributed by atoms with E-state index in [0.717, 1.165) is 50.5 Å². The normalized spacial score (nSPS) is 52.5. The number of rotatable bonds is 8. The number of carbonyl (C=O) groups is 2. The van der Waals surface area contributed by atoms with Crippen LogP contribution in [-0.2, 0) is 42.7 Å². The Morgan fingerprint density at radius 1 is 0.925 bits per heavy atom. The van der Waals surface area contributed by atoms with Crippen LogP contribution in [0, 0.1) is 34.5 Å². The molecule has 300 valence electrons. The summed E-state index contributed by atoms with van der Waals surface area (Å²) in [4.78, 5) is 24.4. The van der Waals surface area contributed by atoms with Crippen molar-refractivity contribution in [2.75, 3.05) is 20.3 Å². The fourth-order valence-corrected chi connectivity index (χ4v) is 11.9. The predicted molar refractivity (Wildman–Crippen MR) is 181 cm³/mol. The molecule has 4 saturated carbocycles. The lowest BCUT2D eigenvalue weighted by Gasteiger charge is -2.63. The molecule has 15 nitrogen and oxygen atoms in total. The molecule has 7 aliphatic rings. The van der Waals surface area contributed by atoms with Crippen LogP contribution >= 0.6 is 0 Å². The zero-order chi connectivity index (χ0) is 38.2. The Kier molecular flexibility index (Phi) is 10.9. The molecule has 53 heavy (non-hydrogen) atoms. The molecule has 6 fully saturated rings. The third-order valence-electron chi connectivity index (χ3n) is 14.7. The number of hydrogen-bond acceptors (Lipinski definition) is 15. The van der Waals surface area contributed by atoms with Gasteiger partial charge in [0.15, 0.2) is 12.6 Å². The summed E-state index contributed by atoms with van der Waals surface area (Å²) in [5.41, 5.74) is -0.960. The number of ether oxygens (including phenoxy) is 7. The van der Waals surface area contributed by atoms with Crippen molar-refractivity contribution in [3.63, 3.8) is 0 Å². The summed E-state index contributed by atoms with van der Waals surface area (Å²) in [7, 11) is 1.42. The molecule has 3 heterocycles. The van der Waals surface area contributed by atoms with E-state index in [9.17, 15) is 40.2 Å². The summed E-state index contributed by atoms with van der Waals surface area (Å²) < 4.78 is 41.0. The second kappa shape index (κ2) is 14.6. The molecule has 0 radical (unpaired) electrons. The molecule has 0 aromatic heterocycles. The lowest BCUT2D eigenvalue weighted by Crippen LogP contribution is -2.64. The number of esters is 2. The maximum Gasteiger partial charge on any atom is 0.331 e. The summed E-state index contributed by atoms with van der Waals surface area (Å²) in [6.07, 6.45) is -5.51. The van der Waals surface area contributed by atoms with Gasteiger partial charge in [-0.1, -0.05) is 13.8 Å². The van der Waals surface area contributed by atoms with Crippen molar-refractivity contribution < 1.29 is 73.4 Å². The topological polar surface area (TPSA) is 220 Å². The van der Waals surface area contributed by atoms with Crippen LogP contribution in [0.25, 0.3) is 0 Å². The second-order valence-electron chi connectivity index (χ2n) is 17.3. The highest BCUT2D eigenvalue weighted by Gasteiger charge is 2.71. The van der Waals surface area contributed by atoms with E-state index in [1.54, 1.807) is 6.92 Å². The van der Waals surface area contributed by atoms with Gasteiger partial charge in [0.05, 0.1) is 24.4 Å². The smallest absolute Gasteiger partial charge is 0.331 e. The maximum atomic E-state index is 12.8. The first-order chi connectivity index (χ1) is 25.1. The number of methoxy groups -OCH3 is 1. The van der Waals surface area contributed by atoms with Gasteiger partial charge < -0.3 is 63.8 Å². The van der Waals surface area contributed by atoms with Crippen LogP contribution in [0.3, 0.4) is 0 Å². The van der Waals surface area contributed by atoms with Crippen molar-refractivity contribution in [2.24, 2.45) is 34.5 Å². The lowest BCUT2D eigenvalue weighted by molar-refractivity contribution is -0.362. The van der Waals surface area contributed by atoms with Crippen LogP contribution in [0.15, 0.2) is 11.6 Å². The highest BCUT2D eigenvalue weighted by Crippen LogP contribution is 2.70. The molecule has 4 unspecified atom stereocenters. The van der Waals surface area contributed by atoms with Gasteiger partial charge in [-0.2, -0.15) is 0 Å². The van der Waals surface area contributed by atoms with Crippen molar-refractivity contribution >= 4 is 11.9 Å². The number of carbonyl (C=O) groups excluding carboxylic acids is 2. The number of hydrogen-bond donors (Lipinski definition) is 6. The van der Waals surface area contributed by atoms with Crippen LogP contribution in [0.5, 0.6) is 0 Å². The van der Waals surface area contributed by atoms with Crippen LogP contribution in [0.2, 0.25) is 0 Å². The van der Waals surface area contributed by atoms with Gasteiger partial charge >= 0.3 is 11.9 Å². The van der Waals surface area contributed by atoms with E-state index in [2.05, 4.69) is 13.8 Å². The number of fused-ring (bicyclic) bond motifs is 5. The van der Waals surface area contributed by atoms with E-state index < -0.39 is 97.1 Å². The zero-order valence-electron chi connectivity index (χ0n) is 31.2. The first kappa shape index (κ1) is 39.5. The third-order valence-corrected chi connectivity index (χ3v) is 14.7. The van der Waals surface area contributed by atoms with Gasteiger partial charge in [-0.05, 0) is 80.6 Å². The van der Waals surface area contributed by atoms with Gasteiger partial charge in [-0.25, -0.2) is 4.79 Å². The fraction of sp³-hybridized carbons (Fsp3) is 0.895. The minimum absolute atomic E-state index is 0.00547. The van der Waals surface area contributed by atoms with Crippen molar-refractivity contribution in [1.29, 1.82) is 0 Å². The Morgan fingerprint density at radius 3 is 2.32 bits per heavy atom. The molecule has 7 rings (SSSR count). The first-order valence-corrected chi connectivity index (χ1v) is 19.3. The minimum atomic E-state index is -1.62. The monoisotopic (exact) mass is 754 g/mol. The molecule has 0 aromatic rings. The highest BCUT2D eigenvalue weighted by molar-refractivity contribution is 5.85. The molecule has 0 spiro atoms. The number of aliphatic hydroxyl groups is 6. The molecule has 15 heteroatoms. The Morgan fingerprint density at radius 2 is 1.66 bits per heavy atom. The summed E-state index contributed by atoms with van der Waals surface area (Å²) in [5, 5.41) is 64.8. The third kappa shape index (κ3) is 6.49. The average Bonchev–Trinajstić information content (AvgIpc) is 3.63. The molecule has 19 atom stereocenters. The largest absolute Gasteiger partial charge is 0.462 e. The Balaban J connectivity index is 1.02. The van der Waals surface area contributed by atoms with Gasteiger partial charge in [0.25, 0.3) is 0 Å². The van der Waals surface area contributed by atoms with Crippen LogP contribution in [0.4, 0.5) is 0 Å². The Hall–Kier alpha value is -1.76. The summed E-state index contributed by atoms with van der Waals surface area (Å²) >= 11 is 0. The quantitative estimate of drug-likeness (QED) is 0.147. The zero-order valence-corrected chi connectivity index (χ0v) is 31.2. The van der Waals surface area contributed by atoms with Gasteiger partial charge in [-0.15, -0.1) is 0 Å². The minimum Gasteiger partial charge on any atom is -0.462 e. The van der Waals surface area contributed by atoms with E-state index in [1.165, 1.54) is 20.1 Å². The summed E-state index contributed by atoms with van der Waals surface area (Å²) in [6.45, 7) is 7.09. The molecule has 4 aliphatic carbocycles. The Bertz CT molecular complexity index is 1410. The lowest BCUT2D eigenvalue weighted by atomic mass is 9.43. The molecule has 2 saturated heterocycles. The molecule has 0 aromatic carbocycles. The van der Waals surface area contributed by atoms with E-state index >= 15 is 0 Å². The molecular formula is C38H58O15.